The molecule has 2 aromatic heterocycles. The zero-order chi connectivity index (χ0) is 16.9. The van der Waals surface area contributed by atoms with Gasteiger partial charge in [0.25, 0.3) is 5.91 Å². The zero-order valence-electron chi connectivity index (χ0n) is 13.8. The lowest BCUT2D eigenvalue weighted by Crippen LogP contribution is -2.36. The Kier molecular flexibility index (Phi) is 5.00. The van der Waals surface area contributed by atoms with Gasteiger partial charge in [0.1, 0.15) is 11.5 Å². The van der Waals surface area contributed by atoms with Crippen LogP contribution in [0, 0.1) is 12.8 Å². The van der Waals surface area contributed by atoms with Crippen LogP contribution in [0.25, 0.3) is 0 Å². The predicted octanol–water partition coefficient (Wildman–Crippen LogP) is 1.46. The van der Waals surface area contributed by atoms with Crippen molar-refractivity contribution in [2.24, 2.45) is 5.92 Å². The molecule has 0 saturated carbocycles. The monoisotopic (exact) mass is 327 g/mol. The maximum atomic E-state index is 12.8. The Labute approximate surface area is 141 Å². The van der Waals surface area contributed by atoms with Crippen molar-refractivity contribution in [3.05, 3.63) is 54.7 Å². The average molecular weight is 327 g/mol. The minimum absolute atomic E-state index is 0.132. The summed E-state index contributed by atoms with van der Waals surface area (Å²) < 4.78 is 7.68. The number of hydrogen-bond acceptors (Lipinski definition) is 5. The molecule has 0 aliphatic carbocycles. The van der Waals surface area contributed by atoms with Crippen LogP contribution < -0.4 is 0 Å². The first-order valence-electron chi connectivity index (χ1n) is 7.94. The smallest absolute Gasteiger partial charge is 0.274 e. The third kappa shape index (κ3) is 3.68. The third-order valence-electron chi connectivity index (χ3n) is 3.94. The molecule has 0 bridgehead atoms. The highest BCUT2D eigenvalue weighted by Gasteiger charge is 2.27. The van der Waals surface area contributed by atoms with E-state index in [1.165, 1.54) is 6.20 Å². The van der Waals surface area contributed by atoms with Gasteiger partial charge >= 0.3 is 0 Å². The summed E-state index contributed by atoms with van der Waals surface area (Å²) in [6.07, 6.45) is 8.56. The van der Waals surface area contributed by atoms with E-state index in [4.69, 9.17) is 4.74 Å². The van der Waals surface area contributed by atoms with Gasteiger partial charge in [0.2, 0.25) is 0 Å². The third-order valence-corrected chi connectivity index (χ3v) is 3.94. The standard InChI is InChI=1S/C17H21N5O2/c1-3-6-24-12-14-9-21-5-4-18-16(21)11-22(10-14)17(23)15-8-19-13(2)7-20-15/h3-5,7-8,14H,1,6,9-12H2,2H3/t14-/m0/s1. The number of amides is 1. The molecule has 0 fully saturated rings. The van der Waals surface area contributed by atoms with Crippen molar-refractivity contribution in [2.75, 3.05) is 19.8 Å². The quantitative estimate of drug-likeness (QED) is 0.614. The second-order valence-corrected chi connectivity index (χ2v) is 5.92. The first-order valence-corrected chi connectivity index (χ1v) is 7.94. The summed E-state index contributed by atoms with van der Waals surface area (Å²) in [5.74, 6) is 0.921. The molecule has 2 aromatic rings. The number of nitrogens with zero attached hydrogens (tertiary/aromatic N) is 5. The van der Waals surface area contributed by atoms with Crippen LogP contribution in [-0.2, 0) is 17.8 Å². The molecule has 0 spiro atoms. The average Bonchev–Trinajstić information content (AvgIpc) is 2.93. The Balaban J connectivity index is 1.79. The Bertz CT molecular complexity index is 710. The number of hydrogen-bond donors (Lipinski definition) is 0. The number of ether oxygens (including phenoxy) is 1. The highest BCUT2D eigenvalue weighted by atomic mass is 16.5. The Morgan fingerprint density at radius 3 is 3.00 bits per heavy atom. The van der Waals surface area contributed by atoms with Gasteiger partial charge in [0.05, 0.1) is 31.6 Å². The molecule has 7 nitrogen and oxygen atoms in total. The lowest BCUT2D eigenvalue weighted by Gasteiger charge is -2.23. The number of carbonyl (C=O) groups is 1. The maximum absolute atomic E-state index is 12.8. The molecule has 7 heteroatoms. The second kappa shape index (κ2) is 7.35. The highest BCUT2D eigenvalue weighted by Crippen LogP contribution is 2.17. The van der Waals surface area contributed by atoms with Gasteiger partial charge in [-0.1, -0.05) is 6.08 Å². The van der Waals surface area contributed by atoms with Gasteiger partial charge in [-0.2, -0.15) is 0 Å². The fourth-order valence-corrected chi connectivity index (χ4v) is 2.78. The van der Waals surface area contributed by atoms with Gasteiger partial charge in [0, 0.05) is 37.6 Å². The molecule has 3 heterocycles. The van der Waals surface area contributed by atoms with Gasteiger partial charge < -0.3 is 14.2 Å². The predicted molar refractivity (Wildman–Crippen MR) is 88.2 cm³/mol. The van der Waals surface area contributed by atoms with E-state index in [1.807, 2.05) is 13.1 Å². The molecule has 3 rings (SSSR count). The molecule has 126 valence electrons. The summed E-state index contributed by atoms with van der Waals surface area (Å²) in [5, 5.41) is 0. The normalized spacial score (nSPS) is 17.2. The maximum Gasteiger partial charge on any atom is 0.274 e. The summed E-state index contributed by atoms with van der Waals surface area (Å²) in [4.78, 5) is 27.3. The lowest BCUT2D eigenvalue weighted by molar-refractivity contribution is 0.0632. The zero-order valence-corrected chi connectivity index (χ0v) is 13.8. The number of imidazole rings is 1. The van der Waals surface area contributed by atoms with E-state index in [0.29, 0.717) is 32.0 Å². The molecule has 0 N–H and O–H groups in total. The highest BCUT2D eigenvalue weighted by molar-refractivity contribution is 5.91. The Morgan fingerprint density at radius 2 is 2.25 bits per heavy atom. The molecule has 0 aromatic carbocycles. The van der Waals surface area contributed by atoms with Crippen molar-refractivity contribution in [1.82, 2.24) is 24.4 Å². The van der Waals surface area contributed by atoms with Gasteiger partial charge in [0.15, 0.2) is 0 Å². The molecular weight excluding hydrogens is 306 g/mol. The Morgan fingerprint density at radius 1 is 1.38 bits per heavy atom. The molecule has 0 unspecified atom stereocenters. The molecular formula is C17H21N5O2. The van der Waals surface area contributed by atoms with Crippen molar-refractivity contribution in [3.63, 3.8) is 0 Å². The van der Waals surface area contributed by atoms with E-state index >= 15 is 0 Å². The summed E-state index contributed by atoms with van der Waals surface area (Å²) in [7, 11) is 0. The van der Waals surface area contributed by atoms with Crippen molar-refractivity contribution in [3.8, 4) is 0 Å². The van der Waals surface area contributed by atoms with Crippen molar-refractivity contribution >= 4 is 5.91 Å². The van der Waals surface area contributed by atoms with Crippen molar-refractivity contribution in [1.29, 1.82) is 0 Å². The van der Waals surface area contributed by atoms with E-state index in [9.17, 15) is 4.79 Å². The SMILES string of the molecule is C=CCOC[C@@H]1CN(C(=O)c2cnc(C)cn2)Cc2nccn2C1. The minimum atomic E-state index is -0.132. The second-order valence-electron chi connectivity index (χ2n) is 5.92. The van der Waals surface area contributed by atoms with Gasteiger partial charge in [-0.05, 0) is 6.92 Å². The number of aryl methyl sites for hydroxylation is 1. The van der Waals surface area contributed by atoms with Crippen LogP contribution in [0.2, 0.25) is 0 Å². The van der Waals surface area contributed by atoms with Gasteiger partial charge in [-0.3, -0.25) is 9.78 Å². The molecule has 0 radical (unpaired) electrons. The number of aromatic nitrogens is 4. The fraction of sp³-hybridized carbons (Fsp3) is 0.412. The van der Waals surface area contributed by atoms with E-state index in [1.54, 1.807) is 23.4 Å². The fourth-order valence-electron chi connectivity index (χ4n) is 2.78. The van der Waals surface area contributed by atoms with E-state index in [-0.39, 0.29) is 11.8 Å². The molecule has 1 atom stereocenters. The van der Waals surface area contributed by atoms with Crippen LogP contribution in [0.1, 0.15) is 22.0 Å². The Hall–Kier alpha value is -2.54. The number of rotatable bonds is 5. The number of carbonyl (C=O) groups excluding carboxylic acids is 1. The van der Waals surface area contributed by atoms with Crippen LogP contribution in [0.3, 0.4) is 0 Å². The largest absolute Gasteiger partial charge is 0.377 e. The topological polar surface area (TPSA) is 73.1 Å². The molecule has 24 heavy (non-hydrogen) atoms. The van der Waals surface area contributed by atoms with Gasteiger partial charge in [-0.15, -0.1) is 6.58 Å². The van der Waals surface area contributed by atoms with E-state index < -0.39 is 0 Å². The van der Waals surface area contributed by atoms with Crippen LogP contribution in [0.15, 0.2) is 37.4 Å². The molecule has 1 aliphatic rings. The summed E-state index contributed by atoms with van der Waals surface area (Å²) >= 11 is 0. The van der Waals surface area contributed by atoms with Crippen molar-refractivity contribution < 1.29 is 9.53 Å². The van der Waals surface area contributed by atoms with E-state index in [0.717, 1.165) is 18.1 Å². The van der Waals surface area contributed by atoms with E-state index in [2.05, 4.69) is 26.1 Å². The first-order chi connectivity index (χ1) is 11.7. The van der Waals surface area contributed by atoms with Crippen LogP contribution >= 0.6 is 0 Å². The first kappa shape index (κ1) is 16.3. The summed E-state index contributed by atoms with van der Waals surface area (Å²) in [6.45, 7) is 8.39. The number of fused-ring (bicyclic) bond motifs is 1. The lowest BCUT2D eigenvalue weighted by atomic mass is 10.1. The van der Waals surface area contributed by atoms with Crippen LogP contribution in [0.5, 0.6) is 0 Å². The van der Waals surface area contributed by atoms with Crippen LogP contribution in [0.4, 0.5) is 0 Å². The minimum Gasteiger partial charge on any atom is -0.377 e. The van der Waals surface area contributed by atoms with Crippen molar-refractivity contribution in [2.45, 2.75) is 20.0 Å². The van der Waals surface area contributed by atoms with Gasteiger partial charge in [-0.25, -0.2) is 9.97 Å². The van der Waals surface area contributed by atoms with Crippen LogP contribution in [-0.4, -0.2) is 50.1 Å². The summed E-state index contributed by atoms with van der Waals surface area (Å²) in [5.41, 5.74) is 1.14. The molecule has 0 saturated heterocycles. The molecule has 1 aliphatic heterocycles. The molecule has 1 amide bonds. The summed E-state index contributed by atoms with van der Waals surface area (Å²) in [6, 6.07) is 0.